The Bertz CT molecular complexity index is 466. The average Bonchev–Trinajstić information content (AvgIpc) is 2.93. The number of nitrogens with zero attached hydrogens (tertiary/aromatic N) is 2. The molecule has 7 nitrogen and oxygen atoms in total. The van der Waals surface area contributed by atoms with E-state index >= 15 is 0 Å². The van der Waals surface area contributed by atoms with Crippen LogP contribution in [0.3, 0.4) is 0 Å². The maximum Gasteiger partial charge on any atom is 0.332 e. The number of amides is 2. The van der Waals surface area contributed by atoms with Crippen molar-refractivity contribution in [3.63, 3.8) is 0 Å². The highest BCUT2D eigenvalue weighted by atomic mass is 16.5. The largest absolute Gasteiger partial charge is 0.479 e. The molecule has 3 heterocycles. The maximum atomic E-state index is 12.5. The second kappa shape index (κ2) is 5.63. The molecule has 0 bridgehead atoms. The van der Waals surface area contributed by atoms with Crippen LogP contribution < -0.4 is 0 Å². The Balaban J connectivity index is 1.62. The van der Waals surface area contributed by atoms with Crippen LogP contribution in [-0.2, 0) is 19.1 Å². The predicted octanol–water partition coefficient (Wildman–Crippen LogP) is -0.158. The zero-order valence-corrected chi connectivity index (χ0v) is 11.9. The number of carboxylic acids is 1. The third kappa shape index (κ3) is 2.74. The molecule has 0 spiro atoms. The number of aliphatic carboxylic acids is 1. The summed E-state index contributed by atoms with van der Waals surface area (Å²) in [6, 6.07) is -0.323. The first-order chi connectivity index (χ1) is 10.1. The number of hydrogen-bond acceptors (Lipinski definition) is 4. The van der Waals surface area contributed by atoms with E-state index in [1.165, 1.54) is 0 Å². The molecule has 21 heavy (non-hydrogen) atoms. The molecule has 0 saturated carbocycles. The lowest BCUT2D eigenvalue weighted by molar-refractivity contribution is -0.160. The monoisotopic (exact) mass is 296 g/mol. The highest BCUT2D eigenvalue weighted by Crippen LogP contribution is 2.26. The molecular weight excluding hydrogens is 276 g/mol. The van der Waals surface area contributed by atoms with Gasteiger partial charge in [-0.2, -0.15) is 0 Å². The molecule has 3 saturated heterocycles. The Morgan fingerprint density at radius 1 is 1.24 bits per heavy atom. The number of carboxylic acid groups (broad SMARTS) is 1. The van der Waals surface area contributed by atoms with E-state index in [4.69, 9.17) is 9.84 Å². The van der Waals surface area contributed by atoms with Crippen molar-refractivity contribution in [2.24, 2.45) is 0 Å². The minimum absolute atomic E-state index is 0.00733. The third-order valence-corrected chi connectivity index (χ3v) is 4.55. The zero-order valence-electron chi connectivity index (χ0n) is 11.9. The summed E-state index contributed by atoms with van der Waals surface area (Å²) in [4.78, 5) is 38.7. The van der Waals surface area contributed by atoms with E-state index in [1.807, 2.05) is 0 Å². The molecule has 116 valence electrons. The van der Waals surface area contributed by atoms with Crippen molar-refractivity contribution in [1.29, 1.82) is 0 Å². The Morgan fingerprint density at radius 3 is 2.76 bits per heavy atom. The summed E-state index contributed by atoms with van der Waals surface area (Å²) in [5.41, 5.74) is 0. The summed E-state index contributed by atoms with van der Waals surface area (Å²) in [7, 11) is 0. The van der Waals surface area contributed by atoms with Crippen LogP contribution in [-0.4, -0.2) is 70.6 Å². The van der Waals surface area contributed by atoms with Gasteiger partial charge in [-0.15, -0.1) is 0 Å². The molecule has 2 amide bonds. The fourth-order valence-corrected chi connectivity index (χ4v) is 3.45. The highest BCUT2D eigenvalue weighted by Gasteiger charge is 2.42. The molecule has 3 rings (SSSR count). The summed E-state index contributed by atoms with van der Waals surface area (Å²) in [6.45, 7) is 1.08. The number of hydrogen-bond donors (Lipinski definition) is 1. The number of piperidine rings is 1. The molecule has 3 unspecified atom stereocenters. The Labute approximate surface area is 122 Å². The summed E-state index contributed by atoms with van der Waals surface area (Å²) >= 11 is 0. The molecular formula is C14H20N2O5. The number of ether oxygens (including phenoxy) is 1. The van der Waals surface area contributed by atoms with Crippen molar-refractivity contribution in [1.82, 2.24) is 9.80 Å². The SMILES string of the molecule is O=C(O)C1CCC(CN2CC(=O)N3CCCCC3C2=O)O1. The lowest BCUT2D eigenvalue weighted by Gasteiger charge is -2.43. The molecule has 0 aromatic heterocycles. The van der Waals surface area contributed by atoms with Gasteiger partial charge in [-0.3, -0.25) is 9.59 Å². The van der Waals surface area contributed by atoms with Gasteiger partial charge in [0.15, 0.2) is 6.10 Å². The van der Waals surface area contributed by atoms with Crippen molar-refractivity contribution >= 4 is 17.8 Å². The summed E-state index contributed by atoms with van der Waals surface area (Å²) in [5, 5.41) is 8.92. The summed E-state index contributed by atoms with van der Waals surface area (Å²) in [6.07, 6.45) is 2.67. The molecule has 3 aliphatic rings. The normalized spacial score (nSPS) is 33.2. The van der Waals surface area contributed by atoms with Gasteiger partial charge in [-0.1, -0.05) is 0 Å². The van der Waals surface area contributed by atoms with Gasteiger partial charge in [0.05, 0.1) is 12.6 Å². The van der Waals surface area contributed by atoms with Gasteiger partial charge in [-0.25, -0.2) is 4.79 Å². The average molecular weight is 296 g/mol. The van der Waals surface area contributed by atoms with Crippen LogP contribution in [0.25, 0.3) is 0 Å². The van der Waals surface area contributed by atoms with E-state index in [0.717, 1.165) is 19.3 Å². The number of piperazine rings is 1. The van der Waals surface area contributed by atoms with E-state index < -0.39 is 12.1 Å². The van der Waals surface area contributed by atoms with Crippen LogP contribution in [0.15, 0.2) is 0 Å². The van der Waals surface area contributed by atoms with Gasteiger partial charge in [0.25, 0.3) is 0 Å². The van der Waals surface area contributed by atoms with E-state index in [-0.39, 0.29) is 30.5 Å². The molecule has 0 aliphatic carbocycles. The lowest BCUT2D eigenvalue weighted by atomic mass is 9.98. The van der Waals surface area contributed by atoms with Crippen molar-refractivity contribution in [2.45, 2.75) is 50.4 Å². The van der Waals surface area contributed by atoms with Crippen molar-refractivity contribution in [2.75, 3.05) is 19.6 Å². The lowest BCUT2D eigenvalue weighted by Crippen LogP contribution is -2.62. The molecule has 0 aromatic carbocycles. The molecule has 0 aromatic rings. The van der Waals surface area contributed by atoms with Crippen molar-refractivity contribution in [3.05, 3.63) is 0 Å². The summed E-state index contributed by atoms with van der Waals surface area (Å²) in [5.74, 6) is -0.985. The first kappa shape index (κ1) is 14.3. The van der Waals surface area contributed by atoms with E-state index in [9.17, 15) is 14.4 Å². The van der Waals surface area contributed by atoms with Crippen molar-refractivity contribution in [3.8, 4) is 0 Å². The number of carbonyl (C=O) groups is 3. The number of rotatable bonds is 3. The smallest absolute Gasteiger partial charge is 0.332 e. The zero-order chi connectivity index (χ0) is 15.0. The van der Waals surface area contributed by atoms with Crippen LogP contribution in [0.2, 0.25) is 0 Å². The van der Waals surface area contributed by atoms with Gasteiger partial charge in [0.1, 0.15) is 6.04 Å². The van der Waals surface area contributed by atoms with Gasteiger partial charge in [0, 0.05) is 13.1 Å². The molecule has 3 fully saturated rings. The second-order valence-electron chi connectivity index (χ2n) is 5.98. The fourth-order valence-electron chi connectivity index (χ4n) is 3.45. The first-order valence-electron chi connectivity index (χ1n) is 7.53. The highest BCUT2D eigenvalue weighted by molar-refractivity contribution is 5.95. The number of carbonyl (C=O) groups excluding carboxylic acids is 2. The predicted molar refractivity (Wildman–Crippen MR) is 71.5 cm³/mol. The molecule has 0 radical (unpaired) electrons. The van der Waals surface area contributed by atoms with Crippen molar-refractivity contribution < 1.29 is 24.2 Å². The molecule has 3 aliphatic heterocycles. The molecule has 7 heteroatoms. The van der Waals surface area contributed by atoms with E-state index in [0.29, 0.717) is 25.9 Å². The minimum atomic E-state index is -0.961. The fraction of sp³-hybridized carbons (Fsp3) is 0.786. The second-order valence-corrected chi connectivity index (χ2v) is 5.98. The van der Waals surface area contributed by atoms with Crippen LogP contribution in [0, 0.1) is 0 Å². The Hall–Kier alpha value is -1.63. The maximum absolute atomic E-state index is 12.5. The van der Waals surface area contributed by atoms with Gasteiger partial charge in [0.2, 0.25) is 11.8 Å². The van der Waals surface area contributed by atoms with Crippen LogP contribution in [0.5, 0.6) is 0 Å². The molecule has 3 atom stereocenters. The molecule has 1 N–H and O–H groups in total. The third-order valence-electron chi connectivity index (χ3n) is 4.55. The minimum Gasteiger partial charge on any atom is -0.479 e. The van der Waals surface area contributed by atoms with E-state index in [2.05, 4.69) is 0 Å². The Morgan fingerprint density at radius 2 is 2.05 bits per heavy atom. The standard InChI is InChI=1S/C14H20N2O5/c17-12-8-15(7-9-4-5-11(21-9)14(19)20)13(18)10-3-1-2-6-16(10)12/h9-11H,1-8H2,(H,19,20). The van der Waals surface area contributed by atoms with Crippen LogP contribution in [0.4, 0.5) is 0 Å². The van der Waals surface area contributed by atoms with Gasteiger partial charge < -0.3 is 19.6 Å². The van der Waals surface area contributed by atoms with Crippen LogP contribution in [0.1, 0.15) is 32.1 Å². The first-order valence-corrected chi connectivity index (χ1v) is 7.53. The van der Waals surface area contributed by atoms with Gasteiger partial charge in [-0.05, 0) is 32.1 Å². The van der Waals surface area contributed by atoms with Crippen LogP contribution >= 0.6 is 0 Å². The van der Waals surface area contributed by atoms with Gasteiger partial charge >= 0.3 is 5.97 Å². The topological polar surface area (TPSA) is 87.2 Å². The number of fused-ring (bicyclic) bond motifs is 1. The Kier molecular flexibility index (Phi) is 3.84. The van der Waals surface area contributed by atoms with E-state index in [1.54, 1.807) is 9.80 Å². The summed E-state index contributed by atoms with van der Waals surface area (Å²) < 4.78 is 5.43. The quantitative estimate of drug-likeness (QED) is 0.782.